The number of amides is 1. The number of aromatic carboxylic acids is 1. The van der Waals surface area contributed by atoms with E-state index in [0.29, 0.717) is 10.0 Å². The molecular formula is C23H22BrN3O5S. The predicted octanol–water partition coefficient (Wildman–Crippen LogP) is 4.31. The quantitative estimate of drug-likeness (QED) is 0.447. The highest BCUT2D eigenvalue weighted by molar-refractivity contribution is 9.10. The molecule has 8 nitrogen and oxygen atoms in total. The number of carbonyl (C=O) groups is 2. The number of carboxylic acids is 1. The number of hydrogen-bond donors (Lipinski definition) is 2. The van der Waals surface area contributed by atoms with Gasteiger partial charge in [0, 0.05) is 35.5 Å². The first-order valence-corrected chi connectivity index (χ1v) is 12.2. The third kappa shape index (κ3) is 5.65. The molecule has 0 aliphatic heterocycles. The second kappa shape index (κ2) is 10.2. The first-order chi connectivity index (χ1) is 15.6. The molecule has 0 bridgehead atoms. The second-order valence-corrected chi connectivity index (χ2v) is 10.1. The number of aromatic nitrogens is 1. The number of rotatable bonds is 8. The Morgan fingerprint density at radius 3 is 2.39 bits per heavy atom. The molecule has 0 radical (unpaired) electrons. The van der Waals surface area contributed by atoms with Gasteiger partial charge in [0.2, 0.25) is 10.0 Å². The van der Waals surface area contributed by atoms with E-state index in [1.165, 1.54) is 28.6 Å². The third-order valence-electron chi connectivity index (χ3n) is 5.01. The van der Waals surface area contributed by atoms with Crippen molar-refractivity contribution in [2.24, 2.45) is 0 Å². The Kier molecular flexibility index (Phi) is 7.62. The standard InChI is InChI=1S/C23H22BrN3O5S/c1-3-27(14-16-8-10-25-11-9-16)33(31,32)18-6-4-15(2)19(13-18)22(28)26-21-7-5-17(24)12-20(21)23(29)30/h4-13H,3,14H2,1-2H3,(H,26,28)(H,29,30). The molecule has 0 fully saturated rings. The molecule has 0 saturated carbocycles. The van der Waals surface area contributed by atoms with E-state index in [1.54, 1.807) is 50.5 Å². The van der Waals surface area contributed by atoms with Gasteiger partial charge in [-0.2, -0.15) is 4.31 Å². The van der Waals surface area contributed by atoms with Gasteiger partial charge in [0.1, 0.15) is 0 Å². The summed E-state index contributed by atoms with van der Waals surface area (Å²) >= 11 is 3.21. The molecule has 172 valence electrons. The van der Waals surface area contributed by atoms with E-state index in [4.69, 9.17) is 0 Å². The van der Waals surface area contributed by atoms with E-state index >= 15 is 0 Å². The Morgan fingerprint density at radius 1 is 1.06 bits per heavy atom. The Hall–Kier alpha value is -3.08. The summed E-state index contributed by atoms with van der Waals surface area (Å²) in [6.45, 7) is 3.82. The van der Waals surface area contributed by atoms with Crippen LogP contribution < -0.4 is 5.32 Å². The lowest BCUT2D eigenvalue weighted by Crippen LogP contribution is -2.30. The first kappa shape index (κ1) is 24.6. The maximum Gasteiger partial charge on any atom is 0.337 e. The SMILES string of the molecule is CCN(Cc1ccncc1)S(=O)(=O)c1ccc(C)c(C(=O)Nc2ccc(Br)cc2C(=O)O)c1. The van der Waals surface area contributed by atoms with Crippen molar-refractivity contribution in [3.63, 3.8) is 0 Å². The Morgan fingerprint density at radius 2 is 1.76 bits per heavy atom. The fourth-order valence-corrected chi connectivity index (χ4v) is 5.03. The van der Waals surface area contributed by atoms with Crippen LogP contribution in [-0.4, -0.2) is 41.2 Å². The predicted molar refractivity (Wildman–Crippen MR) is 128 cm³/mol. The van der Waals surface area contributed by atoms with Crippen LogP contribution in [-0.2, 0) is 16.6 Å². The smallest absolute Gasteiger partial charge is 0.337 e. The topological polar surface area (TPSA) is 117 Å². The number of halogens is 1. The first-order valence-electron chi connectivity index (χ1n) is 9.97. The summed E-state index contributed by atoms with van der Waals surface area (Å²) in [5, 5.41) is 12.0. The van der Waals surface area contributed by atoms with Crippen LogP contribution in [0.15, 0.2) is 70.3 Å². The lowest BCUT2D eigenvalue weighted by Gasteiger charge is -2.21. The van der Waals surface area contributed by atoms with Gasteiger partial charge in [0.15, 0.2) is 0 Å². The largest absolute Gasteiger partial charge is 0.478 e. The molecule has 2 N–H and O–H groups in total. The molecule has 2 aromatic carbocycles. The molecule has 3 rings (SSSR count). The van der Waals surface area contributed by atoms with Crippen molar-refractivity contribution in [2.75, 3.05) is 11.9 Å². The summed E-state index contributed by atoms with van der Waals surface area (Å²) in [7, 11) is -3.89. The van der Waals surface area contributed by atoms with E-state index in [1.807, 2.05) is 0 Å². The second-order valence-electron chi connectivity index (χ2n) is 7.21. The number of aryl methyl sites for hydroxylation is 1. The maximum atomic E-state index is 13.3. The summed E-state index contributed by atoms with van der Waals surface area (Å²) in [5.74, 6) is -1.80. The zero-order valence-electron chi connectivity index (χ0n) is 17.9. The molecule has 1 amide bonds. The number of hydrogen-bond acceptors (Lipinski definition) is 5. The van der Waals surface area contributed by atoms with Gasteiger partial charge in [0.25, 0.3) is 5.91 Å². The molecule has 0 aliphatic rings. The molecule has 1 aromatic heterocycles. The van der Waals surface area contributed by atoms with Gasteiger partial charge >= 0.3 is 5.97 Å². The molecule has 10 heteroatoms. The van der Waals surface area contributed by atoms with Crippen molar-refractivity contribution in [2.45, 2.75) is 25.3 Å². The van der Waals surface area contributed by atoms with Crippen molar-refractivity contribution in [1.29, 1.82) is 0 Å². The number of carbonyl (C=O) groups excluding carboxylic acids is 1. The van der Waals surface area contributed by atoms with Crippen molar-refractivity contribution >= 4 is 43.5 Å². The molecular weight excluding hydrogens is 510 g/mol. The average molecular weight is 532 g/mol. The zero-order chi connectivity index (χ0) is 24.2. The van der Waals surface area contributed by atoms with Crippen LogP contribution in [0, 0.1) is 6.92 Å². The molecule has 0 spiro atoms. The van der Waals surface area contributed by atoms with E-state index in [2.05, 4.69) is 26.2 Å². The van der Waals surface area contributed by atoms with E-state index in [0.717, 1.165) is 5.56 Å². The van der Waals surface area contributed by atoms with Gasteiger partial charge in [-0.1, -0.05) is 28.9 Å². The lowest BCUT2D eigenvalue weighted by molar-refractivity contribution is 0.0698. The van der Waals surface area contributed by atoms with Crippen LogP contribution >= 0.6 is 15.9 Å². The fraction of sp³-hybridized carbons (Fsp3) is 0.174. The molecule has 1 heterocycles. The Bertz CT molecular complexity index is 1300. The van der Waals surface area contributed by atoms with E-state index in [-0.39, 0.29) is 34.8 Å². The van der Waals surface area contributed by atoms with Crippen molar-refractivity contribution < 1.29 is 23.1 Å². The number of anilines is 1. The third-order valence-corrected chi connectivity index (χ3v) is 7.42. The number of carboxylic acid groups (broad SMARTS) is 1. The number of sulfonamides is 1. The zero-order valence-corrected chi connectivity index (χ0v) is 20.4. The Labute approximate surface area is 200 Å². The molecule has 0 atom stereocenters. The summed E-state index contributed by atoms with van der Waals surface area (Å²) in [6.07, 6.45) is 3.19. The van der Waals surface area contributed by atoms with E-state index in [9.17, 15) is 23.1 Å². The minimum absolute atomic E-state index is 0.0246. The van der Waals surface area contributed by atoms with Crippen LogP contribution in [0.25, 0.3) is 0 Å². The monoisotopic (exact) mass is 531 g/mol. The van der Waals surface area contributed by atoms with Gasteiger partial charge < -0.3 is 10.4 Å². The number of nitrogens with one attached hydrogen (secondary N) is 1. The number of pyridine rings is 1. The van der Waals surface area contributed by atoms with Crippen molar-refractivity contribution in [1.82, 2.24) is 9.29 Å². The van der Waals surface area contributed by atoms with E-state index < -0.39 is 21.9 Å². The Balaban J connectivity index is 1.93. The summed E-state index contributed by atoms with van der Waals surface area (Å²) in [6, 6.07) is 12.3. The van der Waals surface area contributed by atoms with Crippen LogP contribution in [0.5, 0.6) is 0 Å². The average Bonchev–Trinajstić information content (AvgIpc) is 2.79. The summed E-state index contributed by atoms with van der Waals surface area (Å²) in [4.78, 5) is 28.4. The summed E-state index contributed by atoms with van der Waals surface area (Å²) < 4.78 is 28.4. The van der Waals surface area contributed by atoms with Crippen LogP contribution in [0.1, 0.15) is 38.8 Å². The summed E-state index contributed by atoms with van der Waals surface area (Å²) in [5.41, 5.74) is 1.50. The van der Waals surface area contributed by atoms with Gasteiger partial charge in [-0.05, 0) is 60.5 Å². The van der Waals surface area contributed by atoms with Crippen molar-refractivity contribution in [3.05, 3.63) is 87.7 Å². The molecule has 3 aromatic rings. The van der Waals surface area contributed by atoms with Crippen LogP contribution in [0.2, 0.25) is 0 Å². The van der Waals surface area contributed by atoms with Crippen LogP contribution in [0.3, 0.4) is 0 Å². The minimum atomic E-state index is -3.89. The molecule has 0 unspecified atom stereocenters. The van der Waals surface area contributed by atoms with Gasteiger partial charge in [-0.25, -0.2) is 13.2 Å². The highest BCUT2D eigenvalue weighted by Crippen LogP contribution is 2.25. The van der Waals surface area contributed by atoms with Crippen molar-refractivity contribution in [3.8, 4) is 0 Å². The normalized spacial score (nSPS) is 11.4. The van der Waals surface area contributed by atoms with Crippen LogP contribution in [0.4, 0.5) is 5.69 Å². The number of nitrogens with zero attached hydrogens (tertiary/aromatic N) is 2. The number of benzene rings is 2. The molecule has 0 saturated heterocycles. The fourth-order valence-electron chi connectivity index (χ4n) is 3.21. The van der Waals surface area contributed by atoms with Gasteiger partial charge in [-0.3, -0.25) is 9.78 Å². The molecule has 33 heavy (non-hydrogen) atoms. The van der Waals surface area contributed by atoms with Gasteiger partial charge in [-0.15, -0.1) is 0 Å². The molecule has 0 aliphatic carbocycles. The minimum Gasteiger partial charge on any atom is -0.478 e. The maximum absolute atomic E-state index is 13.3. The lowest BCUT2D eigenvalue weighted by atomic mass is 10.1. The van der Waals surface area contributed by atoms with Gasteiger partial charge in [0.05, 0.1) is 16.1 Å². The highest BCUT2D eigenvalue weighted by Gasteiger charge is 2.25. The highest BCUT2D eigenvalue weighted by atomic mass is 79.9.